The van der Waals surface area contributed by atoms with Crippen LogP contribution < -0.4 is 10.1 Å². The topological polar surface area (TPSA) is 58.6 Å². The molecule has 0 aliphatic carbocycles. The molecule has 4 heteroatoms. The van der Waals surface area contributed by atoms with E-state index in [1.54, 1.807) is 24.3 Å². The van der Waals surface area contributed by atoms with Gasteiger partial charge in [-0.1, -0.05) is 43.3 Å². The van der Waals surface area contributed by atoms with Gasteiger partial charge in [0.1, 0.15) is 5.75 Å². The number of aliphatic hydroxyl groups is 1. The Morgan fingerprint density at radius 3 is 2.61 bits per heavy atom. The Hall–Kier alpha value is -2.33. The van der Waals surface area contributed by atoms with E-state index < -0.39 is 12.0 Å². The van der Waals surface area contributed by atoms with Gasteiger partial charge in [-0.15, -0.1) is 0 Å². The summed E-state index contributed by atoms with van der Waals surface area (Å²) in [6.07, 6.45) is -0.183. The van der Waals surface area contributed by atoms with Crippen LogP contribution >= 0.6 is 0 Å². The number of carbonyl (C=O) groups is 1. The molecule has 0 heterocycles. The van der Waals surface area contributed by atoms with Gasteiger partial charge in [0.25, 0.3) is 5.91 Å². The van der Waals surface area contributed by atoms with E-state index >= 15 is 0 Å². The summed E-state index contributed by atoms with van der Waals surface area (Å²) in [6.45, 7) is 5.12. The summed E-state index contributed by atoms with van der Waals surface area (Å²) >= 11 is 0. The minimum absolute atomic E-state index is 0.378. The Balaban J connectivity index is 1.94. The summed E-state index contributed by atoms with van der Waals surface area (Å²) < 4.78 is 5.59. The number of carbonyl (C=O) groups excluding carboxylic acids is 1. The van der Waals surface area contributed by atoms with Crippen LogP contribution in [0.5, 0.6) is 5.75 Å². The van der Waals surface area contributed by atoms with Crippen molar-refractivity contribution in [3.05, 3.63) is 65.2 Å². The monoisotopic (exact) mass is 313 g/mol. The van der Waals surface area contributed by atoms with Gasteiger partial charge in [-0.2, -0.15) is 0 Å². The van der Waals surface area contributed by atoms with Gasteiger partial charge in [0.2, 0.25) is 0 Å². The van der Waals surface area contributed by atoms with Crippen LogP contribution in [0.2, 0.25) is 0 Å². The fraction of sp³-hybridized carbons (Fsp3) is 0.316. The van der Waals surface area contributed by atoms with Crippen LogP contribution in [0.4, 0.5) is 0 Å². The van der Waals surface area contributed by atoms with Gasteiger partial charge in [0.15, 0.2) is 6.10 Å². The van der Waals surface area contributed by atoms with E-state index in [9.17, 15) is 9.90 Å². The van der Waals surface area contributed by atoms with Gasteiger partial charge in [0.05, 0.1) is 6.61 Å². The summed E-state index contributed by atoms with van der Waals surface area (Å²) in [5.74, 6) is 0.436. The number of hydrogen-bond acceptors (Lipinski definition) is 3. The van der Waals surface area contributed by atoms with E-state index in [0.717, 1.165) is 23.3 Å². The molecule has 23 heavy (non-hydrogen) atoms. The first-order valence-electron chi connectivity index (χ1n) is 7.85. The molecule has 0 saturated heterocycles. The third-order valence-corrected chi connectivity index (χ3v) is 3.60. The van der Waals surface area contributed by atoms with Gasteiger partial charge in [-0.25, -0.2) is 0 Å². The molecule has 0 fully saturated rings. The third-order valence-electron chi connectivity index (χ3n) is 3.60. The third kappa shape index (κ3) is 4.83. The lowest BCUT2D eigenvalue weighted by atomic mass is 10.1. The number of rotatable bonds is 7. The number of benzene rings is 2. The molecule has 1 amide bonds. The highest BCUT2D eigenvalue weighted by Crippen LogP contribution is 2.18. The second kappa shape index (κ2) is 8.34. The van der Waals surface area contributed by atoms with Crippen LogP contribution in [0.3, 0.4) is 0 Å². The smallest absolute Gasteiger partial charge is 0.253 e. The zero-order chi connectivity index (χ0) is 16.7. The number of ether oxygens (including phenoxy) is 1. The van der Waals surface area contributed by atoms with E-state index in [1.807, 2.05) is 31.2 Å². The highest BCUT2D eigenvalue weighted by molar-refractivity contribution is 5.81. The normalized spacial score (nSPS) is 11.8. The number of hydrogen-bond donors (Lipinski definition) is 2. The zero-order valence-corrected chi connectivity index (χ0v) is 13.6. The molecule has 1 atom stereocenters. The molecule has 0 bridgehead atoms. The number of amides is 1. The van der Waals surface area contributed by atoms with E-state index in [-0.39, 0.29) is 0 Å². The van der Waals surface area contributed by atoms with Crippen LogP contribution in [-0.4, -0.2) is 17.6 Å². The van der Waals surface area contributed by atoms with E-state index in [1.165, 1.54) is 0 Å². The Labute approximate surface area is 137 Å². The molecular weight excluding hydrogens is 290 g/mol. The lowest BCUT2D eigenvalue weighted by Crippen LogP contribution is -2.29. The minimum Gasteiger partial charge on any atom is -0.494 e. The summed E-state index contributed by atoms with van der Waals surface area (Å²) in [7, 11) is 0. The van der Waals surface area contributed by atoms with Crippen molar-refractivity contribution in [1.82, 2.24) is 5.32 Å². The van der Waals surface area contributed by atoms with Crippen LogP contribution in [0, 0.1) is 6.92 Å². The van der Waals surface area contributed by atoms with Crippen molar-refractivity contribution >= 4 is 5.91 Å². The molecule has 122 valence electrons. The van der Waals surface area contributed by atoms with E-state index in [0.29, 0.717) is 18.7 Å². The summed E-state index contributed by atoms with van der Waals surface area (Å²) in [4.78, 5) is 12.1. The molecule has 0 aliphatic rings. The van der Waals surface area contributed by atoms with Gasteiger partial charge in [0, 0.05) is 6.54 Å². The van der Waals surface area contributed by atoms with Gasteiger partial charge in [-0.05, 0) is 42.2 Å². The van der Waals surface area contributed by atoms with Crippen molar-refractivity contribution in [1.29, 1.82) is 0 Å². The molecule has 0 saturated carbocycles. The second-order valence-corrected chi connectivity index (χ2v) is 5.47. The maximum absolute atomic E-state index is 12.1. The highest BCUT2D eigenvalue weighted by Gasteiger charge is 2.16. The lowest BCUT2D eigenvalue weighted by molar-refractivity contribution is -0.129. The largest absolute Gasteiger partial charge is 0.494 e. The van der Waals surface area contributed by atoms with Gasteiger partial charge < -0.3 is 15.2 Å². The first kappa shape index (κ1) is 17.0. The molecule has 2 rings (SSSR count). The Kier molecular flexibility index (Phi) is 6.18. The summed E-state index contributed by atoms with van der Waals surface area (Å²) in [5, 5.41) is 12.8. The number of nitrogens with one attached hydrogen (secondary N) is 1. The molecule has 2 aromatic rings. The quantitative estimate of drug-likeness (QED) is 0.825. The Bertz CT molecular complexity index is 640. The van der Waals surface area contributed by atoms with Crippen LogP contribution in [0.1, 0.15) is 36.1 Å². The summed E-state index contributed by atoms with van der Waals surface area (Å²) in [6, 6.07) is 14.7. The molecular formula is C19H23NO3. The fourth-order valence-electron chi connectivity index (χ4n) is 2.24. The first-order chi connectivity index (χ1) is 11.1. The van der Waals surface area contributed by atoms with Crippen LogP contribution in [0.15, 0.2) is 48.5 Å². The van der Waals surface area contributed by atoms with Crippen molar-refractivity contribution in [2.45, 2.75) is 32.9 Å². The average Bonchev–Trinajstić information content (AvgIpc) is 2.59. The van der Waals surface area contributed by atoms with Crippen molar-refractivity contribution in [3.63, 3.8) is 0 Å². The highest BCUT2D eigenvalue weighted by atomic mass is 16.5. The molecule has 0 unspecified atom stereocenters. The molecule has 0 radical (unpaired) electrons. The molecule has 4 nitrogen and oxygen atoms in total. The molecule has 0 spiro atoms. The average molecular weight is 313 g/mol. The maximum atomic E-state index is 12.1. The molecule has 0 aliphatic heterocycles. The number of aryl methyl sites for hydroxylation is 1. The first-order valence-corrected chi connectivity index (χ1v) is 7.85. The maximum Gasteiger partial charge on any atom is 0.253 e. The lowest BCUT2D eigenvalue weighted by Gasteiger charge is -2.13. The van der Waals surface area contributed by atoms with Gasteiger partial charge in [-0.3, -0.25) is 4.79 Å². The predicted octanol–water partition coefficient (Wildman–Crippen LogP) is 3.13. The Morgan fingerprint density at radius 2 is 1.96 bits per heavy atom. The predicted molar refractivity (Wildman–Crippen MR) is 90.2 cm³/mol. The zero-order valence-electron chi connectivity index (χ0n) is 13.6. The standard InChI is InChI=1S/C19H23NO3/c1-3-11-23-17-10-9-16(14(2)12-17)13-20-19(22)18(21)15-7-5-4-6-8-15/h4-10,12,18,21H,3,11,13H2,1-2H3,(H,20,22)/t18-/m0/s1. The van der Waals surface area contributed by atoms with Crippen molar-refractivity contribution < 1.29 is 14.6 Å². The number of aliphatic hydroxyl groups excluding tert-OH is 1. The van der Waals surface area contributed by atoms with Crippen LogP contribution in [0.25, 0.3) is 0 Å². The molecule has 2 N–H and O–H groups in total. The van der Waals surface area contributed by atoms with Crippen molar-refractivity contribution in [2.24, 2.45) is 0 Å². The minimum atomic E-state index is -1.15. The second-order valence-electron chi connectivity index (χ2n) is 5.47. The van der Waals surface area contributed by atoms with E-state index in [4.69, 9.17) is 4.74 Å². The fourth-order valence-corrected chi connectivity index (χ4v) is 2.24. The van der Waals surface area contributed by atoms with Gasteiger partial charge >= 0.3 is 0 Å². The summed E-state index contributed by atoms with van der Waals surface area (Å²) in [5.41, 5.74) is 2.64. The van der Waals surface area contributed by atoms with Crippen molar-refractivity contribution in [2.75, 3.05) is 6.61 Å². The molecule has 2 aromatic carbocycles. The molecule has 0 aromatic heterocycles. The van der Waals surface area contributed by atoms with E-state index in [2.05, 4.69) is 12.2 Å². The Morgan fingerprint density at radius 1 is 1.22 bits per heavy atom. The van der Waals surface area contributed by atoms with Crippen LogP contribution in [-0.2, 0) is 11.3 Å². The SMILES string of the molecule is CCCOc1ccc(CNC(=O)[C@@H](O)c2ccccc2)c(C)c1. The van der Waals surface area contributed by atoms with Crippen molar-refractivity contribution in [3.8, 4) is 5.75 Å².